The fraction of sp³-hybridized carbons (Fsp3) is 0.682. The van der Waals surface area contributed by atoms with Crippen molar-refractivity contribution in [3.05, 3.63) is 65.0 Å². The van der Waals surface area contributed by atoms with E-state index in [1.807, 2.05) is 6.07 Å². The van der Waals surface area contributed by atoms with Gasteiger partial charge in [0.2, 0.25) is 5.91 Å². The molecule has 8 unspecified atom stereocenters. The molecule has 4 aliphatic carbocycles. The van der Waals surface area contributed by atoms with Crippen molar-refractivity contribution in [3.8, 4) is 0 Å². The lowest BCUT2D eigenvalue weighted by Gasteiger charge is -2.72. The molecule has 0 radical (unpaired) electrons. The van der Waals surface area contributed by atoms with Crippen molar-refractivity contribution in [1.29, 1.82) is 0 Å². The number of pyridine rings is 1. The van der Waals surface area contributed by atoms with Gasteiger partial charge in [0.25, 0.3) is 5.91 Å². The molecular weight excluding hydrogens is 651 g/mol. The molecule has 4 N–H and O–H groups in total. The van der Waals surface area contributed by atoms with Crippen LogP contribution in [-0.2, 0) is 17.8 Å². The van der Waals surface area contributed by atoms with Crippen molar-refractivity contribution >= 4 is 17.8 Å². The van der Waals surface area contributed by atoms with E-state index in [4.69, 9.17) is 5.11 Å². The van der Waals surface area contributed by atoms with E-state index in [-0.39, 0.29) is 51.1 Å². The number of amides is 2. The molecular formula is C44H63N3O5. The van der Waals surface area contributed by atoms with E-state index >= 15 is 0 Å². The lowest BCUT2D eigenvalue weighted by Crippen LogP contribution is -2.67. The average molecular weight is 714 g/mol. The molecule has 2 amide bonds. The number of hydrogen-bond donors (Lipinski definition) is 4. The molecule has 1 heterocycles. The molecule has 8 heteroatoms. The van der Waals surface area contributed by atoms with Crippen LogP contribution in [0.1, 0.15) is 145 Å². The normalized spacial score (nSPS) is 36.4. The highest BCUT2D eigenvalue weighted by molar-refractivity contribution is 5.92. The summed E-state index contributed by atoms with van der Waals surface area (Å²) in [6.07, 6.45) is 12.6. The first-order valence-corrected chi connectivity index (χ1v) is 20.1. The minimum absolute atomic E-state index is 0.0565. The molecule has 0 spiro atoms. The Balaban J connectivity index is 1.12. The molecule has 0 saturated heterocycles. The fourth-order valence-corrected chi connectivity index (χ4v) is 12.9. The topological polar surface area (TPSA) is 129 Å². The van der Waals surface area contributed by atoms with Crippen molar-refractivity contribution in [2.45, 2.75) is 132 Å². The zero-order valence-electron chi connectivity index (χ0n) is 32.7. The number of hydrogen-bond acceptors (Lipinski definition) is 5. The number of carboxylic acid groups (broad SMARTS) is 1. The third-order valence-corrected chi connectivity index (χ3v) is 16.0. The molecule has 1 aromatic carbocycles. The van der Waals surface area contributed by atoms with Gasteiger partial charge in [-0.1, -0.05) is 67.0 Å². The smallest absolute Gasteiger partial charge is 0.335 e. The quantitative estimate of drug-likeness (QED) is 0.197. The highest BCUT2D eigenvalue weighted by Crippen LogP contribution is 2.75. The second kappa shape index (κ2) is 14.2. The maximum absolute atomic E-state index is 14.5. The average Bonchev–Trinajstić information content (AvgIpc) is 3.11. The Morgan fingerprint density at radius 1 is 0.846 bits per heavy atom. The van der Waals surface area contributed by atoms with E-state index in [1.54, 1.807) is 36.5 Å². The predicted molar refractivity (Wildman–Crippen MR) is 204 cm³/mol. The van der Waals surface area contributed by atoms with Crippen LogP contribution in [-0.4, -0.2) is 45.6 Å². The zero-order chi connectivity index (χ0) is 37.7. The van der Waals surface area contributed by atoms with E-state index in [0.29, 0.717) is 43.0 Å². The van der Waals surface area contributed by atoms with Gasteiger partial charge in [0.15, 0.2) is 0 Å². The summed E-state index contributed by atoms with van der Waals surface area (Å²) in [6, 6.07) is 10.3. The summed E-state index contributed by atoms with van der Waals surface area (Å²) in [5.41, 5.74) is 2.45. The Morgan fingerprint density at radius 2 is 1.58 bits per heavy atom. The lowest BCUT2D eigenvalue weighted by atomic mass is 9.32. The van der Waals surface area contributed by atoms with Crippen molar-refractivity contribution in [2.75, 3.05) is 6.54 Å². The maximum atomic E-state index is 14.5. The van der Waals surface area contributed by atoms with Gasteiger partial charge in [-0.3, -0.25) is 14.6 Å². The number of carboxylic acids is 1. The Morgan fingerprint density at radius 3 is 2.27 bits per heavy atom. The second-order valence-corrected chi connectivity index (χ2v) is 18.5. The first kappa shape index (κ1) is 38.5. The molecule has 284 valence electrons. The summed E-state index contributed by atoms with van der Waals surface area (Å²) in [4.78, 5) is 42.9. The number of fused-ring (bicyclic) bond motifs is 5. The number of aliphatic hydroxyl groups excluding tert-OH is 1. The Bertz CT molecular complexity index is 1660. The van der Waals surface area contributed by atoms with Crippen LogP contribution in [0.5, 0.6) is 0 Å². The summed E-state index contributed by atoms with van der Waals surface area (Å²) in [5, 5.41) is 26.4. The molecule has 8 nitrogen and oxygen atoms in total. The molecule has 6 rings (SSSR count). The van der Waals surface area contributed by atoms with Gasteiger partial charge in [-0.05, 0) is 145 Å². The predicted octanol–water partition coefficient (Wildman–Crippen LogP) is 8.22. The highest BCUT2D eigenvalue weighted by atomic mass is 16.4. The number of aromatic nitrogens is 1. The number of carbonyl (C=O) groups excluding carboxylic acids is 2. The van der Waals surface area contributed by atoms with Crippen LogP contribution < -0.4 is 10.6 Å². The van der Waals surface area contributed by atoms with Crippen molar-refractivity contribution in [3.63, 3.8) is 0 Å². The van der Waals surface area contributed by atoms with Crippen LogP contribution in [0.2, 0.25) is 0 Å². The van der Waals surface area contributed by atoms with Gasteiger partial charge >= 0.3 is 5.97 Å². The standard InChI is InChI=1S/C44H63N3O5/c1-8-19-44(39(52)47-27-30-18-24-45-33(26-30)37(49)46-25-17-29-9-11-31(12-10-29)38(50)51)23-22-42(6)32(28(44)2)13-14-35-41(5)20-16-36(48)40(3,4)34(41)15-21-43(35,42)7/h9-12,18,24,26,28,32,34-36,48H,8,13-17,19-23,25,27H2,1-7H3,(H,46,49)(H,47,52)(H,50,51)/t28?,32?,34?,35?,36?,41?,42-,43?,44?/m1/s1. The summed E-state index contributed by atoms with van der Waals surface area (Å²) < 4.78 is 0. The maximum Gasteiger partial charge on any atom is 0.335 e. The minimum Gasteiger partial charge on any atom is -0.478 e. The summed E-state index contributed by atoms with van der Waals surface area (Å²) in [5.74, 6) is 0.817. The number of carbonyl (C=O) groups is 3. The highest BCUT2D eigenvalue weighted by Gasteiger charge is 2.69. The molecule has 2 aromatic rings. The van der Waals surface area contributed by atoms with E-state index in [9.17, 15) is 19.5 Å². The third-order valence-electron chi connectivity index (χ3n) is 16.0. The number of rotatable bonds is 10. The van der Waals surface area contributed by atoms with Gasteiger partial charge < -0.3 is 20.8 Å². The van der Waals surface area contributed by atoms with E-state index < -0.39 is 11.4 Å². The van der Waals surface area contributed by atoms with Crippen LogP contribution in [0.3, 0.4) is 0 Å². The van der Waals surface area contributed by atoms with Gasteiger partial charge in [0.05, 0.1) is 17.1 Å². The van der Waals surface area contributed by atoms with E-state index in [0.717, 1.165) is 49.7 Å². The number of nitrogens with one attached hydrogen (secondary N) is 2. The Labute approximate surface area is 311 Å². The molecule has 1 aromatic heterocycles. The molecule has 52 heavy (non-hydrogen) atoms. The number of aliphatic hydroxyl groups is 1. The number of benzene rings is 1. The first-order valence-electron chi connectivity index (χ1n) is 20.1. The van der Waals surface area contributed by atoms with E-state index in [1.165, 1.54) is 25.7 Å². The summed E-state index contributed by atoms with van der Waals surface area (Å²) in [7, 11) is 0. The Hall–Kier alpha value is -3.26. The molecule has 0 aliphatic heterocycles. The van der Waals surface area contributed by atoms with E-state index in [2.05, 4.69) is 64.1 Å². The molecule has 0 bridgehead atoms. The lowest BCUT2D eigenvalue weighted by molar-refractivity contribution is -0.246. The molecule has 4 aliphatic rings. The van der Waals surface area contributed by atoms with Gasteiger partial charge in [-0.15, -0.1) is 0 Å². The van der Waals surface area contributed by atoms with Crippen molar-refractivity contribution in [1.82, 2.24) is 15.6 Å². The summed E-state index contributed by atoms with van der Waals surface area (Å²) in [6.45, 7) is 17.7. The number of aromatic carboxylic acids is 1. The van der Waals surface area contributed by atoms with Gasteiger partial charge in [0.1, 0.15) is 5.69 Å². The third kappa shape index (κ3) is 6.28. The minimum atomic E-state index is -0.964. The first-order chi connectivity index (χ1) is 24.5. The largest absolute Gasteiger partial charge is 0.478 e. The Kier molecular flexibility index (Phi) is 10.5. The van der Waals surface area contributed by atoms with Crippen LogP contribution in [0.4, 0.5) is 0 Å². The van der Waals surface area contributed by atoms with Crippen molar-refractivity contribution in [2.24, 2.45) is 50.7 Å². The van der Waals surface area contributed by atoms with Gasteiger partial charge in [-0.2, -0.15) is 0 Å². The van der Waals surface area contributed by atoms with Crippen LogP contribution in [0.25, 0.3) is 0 Å². The monoisotopic (exact) mass is 713 g/mol. The van der Waals surface area contributed by atoms with Crippen LogP contribution in [0, 0.1) is 50.7 Å². The van der Waals surface area contributed by atoms with Crippen LogP contribution >= 0.6 is 0 Å². The van der Waals surface area contributed by atoms with Gasteiger partial charge in [0, 0.05) is 19.3 Å². The second-order valence-electron chi connectivity index (χ2n) is 18.5. The molecule has 4 fully saturated rings. The van der Waals surface area contributed by atoms with Crippen molar-refractivity contribution < 1.29 is 24.6 Å². The fourth-order valence-electron chi connectivity index (χ4n) is 12.9. The van der Waals surface area contributed by atoms with Gasteiger partial charge in [-0.25, -0.2) is 4.79 Å². The molecule has 4 saturated carbocycles. The number of nitrogens with zero attached hydrogens (tertiary/aromatic N) is 1. The summed E-state index contributed by atoms with van der Waals surface area (Å²) >= 11 is 0. The van der Waals surface area contributed by atoms with Crippen LogP contribution in [0.15, 0.2) is 42.6 Å². The zero-order valence-corrected chi connectivity index (χ0v) is 32.7. The molecule has 9 atom stereocenters. The SMILES string of the molecule is CCCC1(C(=O)NCc2ccnc(C(=O)NCCc3ccc(C(=O)O)cc3)c2)CC[C@]2(C)C(CCC3C4(C)CCC(O)C(C)(C)C4CCC32C)C1C.